The highest BCUT2D eigenvalue weighted by Gasteiger charge is 2.14. The van der Waals surface area contributed by atoms with Gasteiger partial charge in [0.2, 0.25) is 0 Å². The molecule has 0 fully saturated rings. The van der Waals surface area contributed by atoms with Crippen molar-refractivity contribution in [2.45, 2.75) is 34.6 Å². The molecule has 1 aromatic carbocycles. The van der Waals surface area contributed by atoms with Crippen LogP contribution in [0.2, 0.25) is 0 Å². The van der Waals surface area contributed by atoms with Gasteiger partial charge < -0.3 is 10.9 Å². The third kappa shape index (κ3) is 1.69. The summed E-state index contributed by atoms with van der Waals surface area (Å²) in [6.45, 7) is 10.2. The molecule has 1 rings (SSSR count). The molecule has 0 amide bonds. The predicted octanol–water partition coefficient (Wildman–Crippen LogP) is 2.32. The summed E-state index contributed by atoms with van der Waals surface area (Å²) in [5.74, 6) is 0.191. The average Bonchev–Trinajstić information content (AvgIpc) is 2.23. The molecule has 0 saturated heterocycles. The lowest BCUT2D eigenvalue weighted by Gasteiger charge is -2.17. The number of hydrogen-bond acceptors (Lipinski definition) is 2. The molecule has 0 spiro atoms. The maximum absolute atomic E-state index is 8.75. The molecular weight excluding hydrogens is 188 g/mol. The van der Waals surface area contributed by atoms with E-state index in [-0.39, 0.29) is 5.84 Å². The fraction of sp³-hybridized carbons (Fsp3) is 0.417. The van der Waals surface area contributed by atoms with E-state index >= 15 is 0 Å². The number of benzene rings is 1. The maximum Gasteiger partial charge on any atom is 0.170 e. The molecule has 0 aliphatic heterocycles. The lowest BCUT2D eigenvalue weighted by atomic mass is 9.89. The van der Waals surface area contributed by atoms with E-state index in [0.29, 0.717) is 0 Å². The standard InChI is InChI=1S/C12H18N2O/c1-6-7(2)9(4)11(12(13)14-15)10(5)8(6)3/h15H,1-5H3,(H2,13,14). The minimum absolute atomic E-state index is 0.191. The van der Waals surface area contributed by atoms with Crippen molar-refractivity contribution in [1.29, 1.82) is 0 Å². The third-order valence-corrected chi connectivity index (χ3v) is 3.36. The van der Waals surface area contributed by atoms with Gasteiger partial charge >= 0.3 is 0 Å². The Morgan fingerprint density at radius 1 is 0.867 bits per heavy atom. The van der Waals surface area contributed by atoms with Gasteiger partial charge in [-0.25, -0.2) is 0 Å². The first-order valence-electron chi connectivity index (χ1n) is 4.96. The molecule has 0 aromatic heterocycles. The molecular formula is C12H18N2O. The van der Waals surface area contributed by atoms with Crippen molar-refractivity contribution in [3.63, 3.8) is 0 Å². The summed E-state index contributed by atoms with van der Waals surface area (Å²) >= 11 is 0. The van der Waals surface area contributed by atoms with Gasteiger partial charge in [0.05, 0.1) is 0 Å². The van der Waals surface area contributed by atoms with E-state index < -0.39 is 0 Å². The molecule has 0 aliphatic rings. The highest BCUT2D eigenvalue weighted by molar-refractivity contribution is 6.00. The van der Waals surface area contributed by atoms with Crippen LogP contribution in [0, 0.1) is 34.6 Å². The molecule has 1 aromatic rings. The highest BCUT2D eigenvalue weighted by Crippen LogP contribution is 2.25. The Morgan fingerprint density at radius 3 is 1.53 bits per heavy atom. The first kappa shape index (κ1) is 11.6. The van der Waals surface area contributed by atoms with Gasteiger partial charge in [0.15, 0.2) is 5.84 Å². The zero-order valence-electron chi connectivity index (χ0n) is 9.97. The van der Waals surface area contributed by atoms with Crippen LogP contribution in [-0.2, 0) is 0 Å². The molecule has 3 heteroatoms. The summed E-state index contributed by atoms with van der Waals surface area (Å²) in [5, 5.41) is 11.8. The molecule has 0 aliphatic carbocycles. The number of hydrogen-bond donors (Lipinski definition) is 2. The van der Waals surface area contributed by atoms with E-state index in [0.717, 1.165) is 16.7 Å². The van der Waals surface area contributed by atoms with Crippen LogP contribution in [0.1, 0.15) is 33.4 Å². The van der Waals surface area contributed by atoms with Crippen LogP contribution in [0.15, 0.2) is 5.16 Å². The largest absolute Gasteiger partial charge is 0.409 e. The Balaban J connectivity index is 3.67. The predicted molar refractivity (Wildman–Crippen MR) is 62.6 cm³/mol. The second-order valence-electron chi connectivity index (χ2n) is 3.99. The van der Waals surface area contributed by atoms with E-state index in [9.17, 15) is 0 Å². The number of nitrogens with two attached hydrogens (primary N) is 1. The van der Waals surface area contributed by atoms with Gasteiger partial charge in [-0.05, 0) is 62.4 Å². The van der Waals surface area contributed by atoms with Crippen LogP contribution >= 0.6 is 0 Å². The normalized spacial score (nSPS) is 11.9. The van der Waals surface area contributed by atoms with Crippen molar-refractivity contribution in [3.8, 4) is 0 Å². The Bertz CT molecular complexity index is 405. The van der Waals surface area contributed by atoms with Crippen molar-refractivity contribution in [1.82, 2.24) is 0 Å². The Hall–Kier alpha value is -1.51. The number of oxime groups is 1. The zero-order chi connectivity index (χ0) is 11.7. The first-order valence-corrected chi connectivity index (χ1v) is 4.96. The Morgan fingerprint density at radius 2 is 1.20 bits per heavy atom. The first-order chi connectivity index (χ1) is 6.91. The van der Waals surface area contributed by atoms with Gasteiger partial charge in [-0.15, -0.1) is 0 Å². The maximum atomic E-state index is 8.75. The monoisotopic (exact) mass is 206 g/mol. The average molecular weight is 206 g/mol. The van der Waals surface area contributed by atoms with Crippen molar-refractivity contribution < 1.29 is 5.21 Å². The summed E-state index contributed by atoms with van der Waals surface area (Å²) in [4.78, 5) is 0. The Kier molecular flexibility index (Phi) is 3.03. The third-order valence-electron chi connectivity index (χ3n) is 3.36. The summed E-state index contributed by atoms with van der Waals surface area (Å²) in [5.41, 5.74) is 12.4. The van der Waals surface area contributed by atoms with Gasteiger partial charge in [0, 0.05) is 5.56 Å². The Labute approximate surface area is 90.6 Å². The molecule has 0 unspecified atom stereocenters. The lowest BCUT2D eigenvalue weighted by molar-refractivity contribution is 0.318. The van der Waals surface area contributed by atoms with Crippen LogP contribution in [0.5, 0.6) is 0 Å². The molecule has 3 N–H and O–H groups in total. The summed E-state index contributed by atoms with van der Waals surface area (Å²) in [6.07, 6.45) is 0. The van der Waals surface area contributed by atoms with Crippen LogP contribution < -0.4 is 5.73 Å². The molecule has 15 heavy (non-hydrogen) atoms. The fourth-order valence-electron chi connectivity index (χ4n) is 1.93. The highest BCUT2D eigenvalue weighted by atomic mass is 16.4. The lowest BCUT2D eigenvalue weighted by Crippen LogP contribution is -2.18. The SMILES string of the molecule is Cc1c(C)c(C)c(/C(N)=N/O)c(C)c1C. The fourth-order valence-corrected chi connectivity index (χ4v) is 1.93. The van der Waals surface area contributed by atoms with Gasteiger partial charge in [-0.3, -0.25) is 0 Å². The minimum Gasteiger partial charge on any atom is -0.409 e. The summed E-state index contributed by atoms with van der Waals surface area (Å²) < 4.78 is 0. The molecule has 82 valence electrons. The van der Waals surface area contributed by atoms with Gasteiger partial charge in [-0.2, -0.15) is 0 Å². The second-order valence-corrected chi connectivity index (χ2v) is 3.99. The molecule has 0 heterocycles. The van der Waals surface area contributed by atoms with E-state index in [4.69, 9.17) is 10.9 Å². The van der Waals surface area contributed by atoms with Crippen LogP contribution in [-0.4, -0.2) is 11.0 Å². The van der Waals surface area contributed by atoms with E-state index in [1.54, 1.807) is 0 Å². The number of nitrogens with zero attached hydrogens (tertiary/aromatic N) is 1. The van der Waals surface area contributed by atoms with Crippen molar-refractivity contribution in [3.05, 3.63) is 33.4 Å². The topological polar surface area (TPSA) is 58.6 Å². The van der Waals surface area contributed by atoms with Crippen molar-refractivity contribution in [2.75, 3.05) is 0 Å². The molecule has 3 nitrogen and oxygen atoms in total. The summed E-state index contributed by atoms with van der Waals surface area (Å²) in [7, 11) is 0. The minimum atomic E-state index is 0.191. The quantitative estimate of drug-likeness (QED) is 0.320. The number of rotatable bonds is 1. The van der Waals surface area contributed by atoms with Crippen molar-refractivity contribution >= 4 is 5.84 Å². The van der Waals surface area contributed by atoms with Crippen LogP contribution in [0.4, 0.5) is 0 Å². The van der Waals surface area contributed by atoms with E-state index in [2.05, 4.69) is 25.9 Å². The van der Waals surface area contributed by atoms with E-state index in [1.165, 1.54) is 16.7 Å². The van der Waals surface area contributed by atoms with E-state index in [1.807, 2.05) is 13.8 Å². The number of amidine groups is 1. The van der Waals surface area contributed by atoms with Gasteiger partial charge in [0.1, 0.15) is 0 Å². The zero-order valence-corrected chi connectivity index (χ0v) is 9.97. The molecule has 0 atom stereocenters. The molecule has 0 radical (unpaired) electrons. The van der Waals surface area contributed by atoms with Crippen LogP contribution in [0.3, 0.4) is 0 Å². The smallest absolute Gasteiger partial charge is 0.170 e. The van der Waals surface area contributed by atoms with Gasteiger partial charge in [-0.1, -0.05) is 5.16 Å². The van der Waals surface area contributed by atoms with Crippen molar-refractivity contribution in [2.24, 2.45) is 10.9 Å². The second kappa shape index (κ2) is 3.93. The summed E-state index contributed by atoms with van der Waals surface area (Å²) in [6, 6.07) is 0. The molecule has 0 bridgehead atoms. The molecule has 0 saturated carbocycles. The van der Waals surface area contributed by atoms with Gasteiger partial charge in [0.25, 0.3) is 0 Å². The van der Waals surface area contributed by atoms with Crippen LogP contribution in [0.25, 0.3) is 0 Å².